The maximum Gasteiger partial charge on any atom is 0.231 e. The van der Waals surface area contributed by atoms with E-state index in [1.54, 1.807) is 0 Å². The molecular weight excluding hydrogens is 308 g/mol. The Morgan fingerprint density at radius 3 is 2.68 bits per heavy atom. The summed E-state index contributed by atoms with van der Waals surface area (Å²) in [5, 5.41) is 0. The molecule has 126 valence electrons. The van der Waals surface area contributed by atoms with E-state index in [2.05, 4.69) is 70.4 Å². The predicted octanol–water partition coefficient (Wildman–Crippen LogP) is 4.20. The van der Waals surface area contributed by atoms with Crippen molar-refractivity contribution < 1.29 is 0 Å². The fraction of sp³-hybridized carbons (Fsp3) is 0.238. The molecule has 0 unspecified atom stereocenters. The molecule has 4 nitrogen and oxygen atoms in total. The van der Waals surface area contributed by atoms with Gasteiger partial charge in [0, 0.05) is 32.0 Å². The summed E-state index contributed by atoms with van der Waals surface area (Å²) in [6.45, 7) is 1.79. The Kier molecular flexibility index (Phi) is 4.34. The van der Waals surface area contributed by atoms with Gasteiger partial charge >= 0.3 is 0 Å². The van der Waals surface area contributed by atoms with E-state index in [0.717, 1.165) is 37.7 Å². The van der Waals surface area contributed by atoms with E-state index in [1.807, 2.05) is 18.3 Å². The van der Waals surface area contributed by atoms with Crippen molar-refractivity contribution in [3.63, 3.8) is 0 Å². The van der Waals surface area contributed by atoms with Crippen LogP contribution in [0.15, 0.2) is 66.9 Å². The van der Waals surface area contributed by atoms with Gasteiger partial charge in [0.25, 0.3) is 0 Å². The highest BCUT2D eigenvalue weighted by Gasteiger charge is 2.20. The minimum absolute atomic E-state index is 0.782. The molecule has 0 bridgehead atoms. The minimum atomic E-state index is 0.782. The zero-order chi connectivity index (χ0) is 17.1. The van der Waals surface area contributed by atoms with E-state index in [9.17, 15) is 0 Å². The van der Waals surface area contributed by atoms with Gasteiger partial charge in [0.2, 0.25) is 5.95 Å². The Bertz CT molecular complexity index is 847. The van der Waals surface area contributed by atoms with Crippen LogP contribution in [-0.4, -0.2) is 23.6 Å². The van der Waals surface area contributed by atoms with Crippen molar-refractivity contribution in [3.8, 4) is 0 Å². The summed E-state index contributed by atoms with van der Waals surface area (Å²) in [5.41, 5.74) is 3.88. The van der Waals surface area contributed by atoms with Crippen LogP contribution in [0.1, 0.15) is 17.5 Å². The third-order valence-corrected chi connectivity index (χ3v) is 4.63. The van der Waals surface area contributed by atoms with Crippen molar-refractivity contribution in [1.29, 1.82) is 0 Å². The highest BCUT2D eigenvalue weighted by atomic mass is 15.3. The fourth-order valence-corrected chi connectivity index (χ4v) is 3.36. The molecule has 2 aromatic carbocycles. The molecule has 0 radical (unpaired) electrons. The van der Waals surface area contributed by atoms with E-state index in [0.29, 0.717) is 0 Å². The number of nitrogens with zero attached hydrogens (tertiary/aromatic N) is 4. The summed E-state index contributed by atoms with van der Waals surface area (Å²) in [6.07, 6.45) is 4.11. The second-order valence-electron chi connectivity index (χ2n) is 6.44. The first kappa shape index (κ1) is 15.6. The zero-order valence-corrected chi connectivity index (χ0v) is 14.5. The molecule has 0 atom stereocenters. The van der Waals surface area contributed by atoms with Crippen LogP contribution >= 0.6 is 0 Å². The van der Waals surface area contributed by atoms with Crippen molar-refractivity contribution in [1.82, 2.24) is 9.97 Å². The molecule has 1 aliphatic heterocycles. The van der Waals surface area contributed by atoms with Gasteiger partial charge < -0.3 is 9.80 Å². The summed E-state index contributed by atoms with van der Waals surface area (Å²) in [6, 6.07) is 21.0. The Labute approximate surface area is 148 Å². The Hall–Kier alpha value is -2.88. The van der Waals surface area contributed by atoms with E-state index >= 15 is 0 Å². The zero-order valence-electron chi connectivity index (χ0n) is 14.5. The van der Waals surface area contributed by atoms with Crippen LogP contribution in [0, 0.1) is 0 Å². The molecule has 0 fully saturated rings. The largest absolute Gasteiger partial charge is 0.355 e. The van der Waals surface area contributed by atoms with Crippen LogP contribution in [0.4, 0.5) is 17.5 Å². The number of anilines is 3. The normalized spacial score (nSPS) is 13.4. The van der Waals surface area contributed by atoms with Crippen molar-refractivity contribution in [3.05, 3.63) is 78.0 Å². The van der Waals surface area contributed by atoms with Gasteiger partial charge in [0.15, 0.2) is 0 Å². The van der Waals surface area contributed by atoms with E-state index < -0.39 is 0 Å². The molecule has 0 aliphatic carbocycles. The van der Waals surface area contributed by atoms with Crippen LogP contribution in [-0.2, 0) is 13.0 Å². The minimum Gasteiger partial charge on any atom is -0.355 e. The number of aromatic nitrogens is 2. The maximum atomic E-state index is 4.83. The van der Waals surface area contributed by atoms with Crippen LogP contribution in [0.5, 0.6) is 0 Å². The number of para-hydroxylation sites is 1. The third-order valence-electron chi connectivity index (χ3n) is 4.63. The second kappa shape index (κ2) is 6.93. The molecule has 0 saturated carbocycles. The first-order valence-electron chi connectivity index (χ1n) is 8.75. The van der Waals surface area contributed by atoms with Crippen molar-refractivity contribution in [2.24, 2.45) is 0 Å². The highest BCUT2D eigenvalue weighted by molar-refractivity contribution is 5.64. The lowest BCUT2D eigenvalue weighted by Crippen LogP contribution is -2.27. The monoisotopic (exact) mass is 330 g/mol. The lowest BCUT2D eigenvalue weighted by molar-refractivity contribution is 0.748. The SMILES string of the molecule is CN(Cc1ccccc1)c1ccnc(N2CCCc3ccccc32)n1. The smallest absolute Gasteiger partial charge is 0.231 e. The summed E-state index contributed by atoms with van der Waals surface area (Å²) >= 11 is 0. The van der Waals surface area contributed by atoms with Gasteiger partial charge in [-0.25, -0.2) is 4.98 Å². The molecule has 25 heavy (non-hydrogen) atoms. The predicted molar refractivity (Wildman–Crippen MR) is 102 cm³/mol. The lowest BCUT2D eigenvalue weighted by atomic mass is 10.0. The standard InChI is InChI=1S/C21H22N4/c1-24(16-17-8-3-2-4-9-17)20-13-14-22-21(23-20)25-15-7-11-18-10-5-6-12-19(18)25/h2-6,8-10,12-14H,7,11,15-16H2,1H3. The van der Waals surface area contributed by atoms with E-state index in [-0.39, 0.29) is 0 Å². The van der Waals surface area contributed by atoms with Gasteiger partial charge in [-0.3, -0.25) is 0 Å². The number of aryl methyl sites for hydroxylation is 1. The molecule has 0 N–H and O–H groups in total. The molecule has 0 saturated heterocycles. The average Bonchev–Trinajstić information content (AvgIpc) is 2.68. The van der Waals surface area contributed by atoms with Crippen molar-refractivity contribution in [2.45, 2.75) is 19.4 Å². The Morgan fingerprint density at radius 1 is 1.00 bits per heavy atom. The number of hydrogen-bond donors (Lipinski definition) is 0. The number of benzene rings is 2. The van der Waals surface area contributed by atoms with Gasteiger partial charge in [0.1, 0.15) is 5.82 Å². The van der Waals surface area contributed by atoms with Crippen LogP contribution < -0.4 is 9.80 Å². The molecule has 1 aromatic heterocycles. The quantitative estimate of drug-likeness (QED) is 0.718. The third kappa shape index (κ3) is 3.33. The Balaban J connectivity index is 1.60. The summed E-state index contributed by atoms with van der Waals surface area (Å²) < 4.78 is 0. The molecule has 0 spiro atoms. The summed E-state index contributed by atoms with van der Waals surface area (Å²) in [4.78, 5) is 13.8. The van der Waals surface area contributed by atoms with E-state index in [4.69, 9.17) is 4.98 Å². The van der Waals surface area contributed by atoms with Crippen LogP contribution in [0.2, 0.25) is 0 Å². The molecular formula is C21H22N4. The molecule has 2 heterocycles. The number of hydrogen-bond acceptors (Lipinski definition) is 4. The van der Waals surface area contributed by atoms with Crippen molar-refractivity contribution >= 4 is 17.5 Å². The second-order valence-corrected chi connectivity index (χ2v) is 6.44. The molecule has 0 amide bonds. The summed E-state index contributed by atoms with van der Waals surface area (Å²) in [7, 11) is 2.07. The lowest BCUT2D eigenvalue weighted by Gasteiger charge is -2.30. The molecule has 4 heteroatoms. The van der Waals surface area contributed by atoms with Gasteiger partial charge in [0.05, 0.1) is 0 Å². The first-order valence-corrected chi connectivity index (χ1v) is 8.75. The average molecular weight is 330 g/mol. The molecule has 3 aromatic rings. The summed E-state index contributed by atoms with van der Waals surface area (Å²) in [5.74, 6) is 1.72. The first-order chi connectivity index (χ1) is 12.3. The van der Waals surface area contributed by atoms with Gasteiger partial charge in [-0.15, -0.1) is 0 Å². The van der Waals surface area contributed by atoms with Crippen molar-refractivity contribution in [2.75, 3.05) is 23.4 Å². The van der Waals surface area contributed by atoms with E-state index in [1.165, 1.54) is 16.8 Å². The van der Waals surface area contributed by atoms with Gasteiger partial charge in [-0.2, -0.15) is 4.98 Å². The highest BCUT2D eigenvalue weighted by Crippen LogP contribution is 2.31. The number of fused-ring (bicyclic) bond motifs is 1. The fourth-order valence-electron chi connectivity index (χ4n) is 3.36. The van der Waals surface area contributed by atoms with Gasteiger partial charge in [-0.1, -0.05) is 48.5 Å². The van der Waals surface area contributed by atoms with Gasteiger partial charge in [-0.05, 0) is 36.1 Å². The maximum absolute atomic E-state index is 4.83. The molecule has 4 rings (SSSR count). The topological polar surface area (TPSA) is 32.3 Å². The van der Waals surface area contributed by atoms with Crippen LogP contribution in [0.3, 0.4) is 0 Å². The number of rotatable bonds is 4. The Morgan fingerprint density at radius 2 is 1.80 bits per heavy atom. The molecule has 1 aliphatic rings. The van der Waals surface area contributed by atoms with Crippen LogP contribution in [0.25, 0.3) is 0 Å².